The van der Waals surface area contributed by atoms with E-state index in [0.717, 1.165) is 12.2 Å². The van der Waals surface area contributed by atoms with Crippen molar-refractivity contribution < 1.29 is 0 Å². The summed E-state index contributed by atoms with van der Waals surface area (Å²) in [5.74, 6) is 0. The molecule has 1 N–H and O–H groups in total. The molecule has 108 valence electrons. The van der Waals surface area contributed by atoms with E-state index < -0.39 is 0 Å². The quantitative estimate of drug-likeness (QED) is 0.924. The van der Waals surface area contributed by atoms with Gasteiger partial charge in [-0.05, 0) is 58.4 Å². The normalized spacial score (nSPS) is 12.7. The SMILES string of the molecule is CNC(Cn1nc(C)c(C)c1C)c1cc(C)ccc1C. The second-order valence-corrected chi connectivity index (χ2v) is 5.68. The molecule has 20 heavy (non-hydrogen) atoms. The average molecular weight is 271 g/mol. The molecule has 0 aliphatic heterocycles. The van der Waals surface area contributed by atoms with Gasteiger partial charge in [0.05, 0.1) is 18.3 Å². The van der Waals surface area contributed by atoms with Crippen LogP contribution in [-0.4, -0.2) is 16.8 Å². The Morgan fingerprint density at radius 2 is 1.85 bits per heavy atom. The van der Waals surface area contributed by atoms with Gasteiger partial charge in [-0.25, -0.2) is 0 Å². The van der Waals surface area contributed by atoms with E-state index in [-0.39, 0.29) is 6.04 Å². The van der Waals surface area contributed by atoms with Gasteiger partial charge >= 0.3 is 0 Å². The molecule has 1 unspecified atom stereocenters. The van der Waals surface area contributed by atoms with Crippen LogP contribution in [0, 0.1) is 34.6 Å². The molecule has 0 bridgehead atoms. The van der Waals surface area contributed by atoms with Gasteiger partial charge in [-0.1, -0.05) is 23.8 Å². The zero-order chi connectivity index (χ0) is 14.9. The van der Waals surface area contributed by atoms with E-state index in [1.165, 1.54) is 27.9 Å². The summed E-state index contributed by atoms with van der Waals surface area (Å²) >= 11 is 0. The third-order valence-electron chi connectivity index (χ3n) is 4.26. The minimum absolute atomic E-state index is 0.285. The molecular formula is C17H25N3. The van der Waals surface area contributed by atoms with Gasteiger partial charge in [0.15, 0.2) is 0 Å². The second kappa shape index (κ2) is 5.80. The van der Waals surface area contributed by atoms with E-state index in [1.54, 1.807) is 0 Å². The smallest absolute Gasteiger partial charge is 0.0625 e. The number of rotatable bonds is 4. The molecule has 2 aromatic rings. The van der Waals surface area contributed by atoms with E-state index in [2.05, 4.69) is 67.9 Å². The molecule has 0 amide bonds. The fraction of sp³-hybridized carbons (Fsp3) is 0.471. The van der Waals surface area contributed by atoms with Crippen LogP contribution >= 0.6 is 0 Å². The van der Waals surface area contributed by atoms with Gasteiger partial charge in [0.2, 0.25) is 0 Å². The lowest BCUT2D eigenvalue weighted by Crippen LogP contribution is -2.24. The predicted octanol–water partition coefficient (Wildman–Crippen LogP) is 3.39. The Labute approximate surface area is 122 Å². The minimum atomic E-state index is 0.285. The summed E-state index contributed by atoms with van der Waals surface area (Å²) in [6.07, 6.45) is 0. The van der Waals surface area contributed by atoms with Gasteiger partial charge in [0.1, 0.15) is 0 Å². The number of likely N-dealkylation sites (N-methyl/N-ethyl adjacent to an activating group) is 1. The molecule has 1 atom stereocenters. The standard InChI is InChI=1S/C17H25N3/c1-11-7-8-12(2)16(9-11)17(18-6)10-20-15(5)13(3)14(4)19-20/h7-9,17-18H,10H2,1-6H3. The first-order valence-corrected chi connectivity index (χ1v) is 7.19. The fourth-order valence-electron chi connectivity index (χ4n) is 2.62. The summed E-state index contributed by atoms with van der Waals surface area (Å²) in [6, 6.07) is 6.92. The van der Waals surface area contributed by atoms with Crippen LogP contribution < -0.4 is 5.32 Å². The van der Waals surface area contributed by atoms with Crippen LogP contribution in [0.3, 0.4) is 0 Å². The van der Waals surface area contributed by atoms with Gasteiger partial charge in [-0.15, -0.1) is 0 Å². The number of hydrogen-bond acceptors (Lipinski definition) is 2. The number of aryl methyl sites for hydroxylation is 3. The maximum atomic E-state index is 4.65. The van der Waals surface area contributed by atoms with E-state index in [4.69, 9.17) is 0 Å². The molecule has 1 aromatic heterocycles. The lowest BCUT2D eigenvalue weighted by molar-refractivity contribution is 0.458. The zero-order valence-corrected chi connectivity index (χ0v) is 13.4. The van der Waals surface area contributed by atoms with Crippen LogP contribution in [-0.2, 0) is 6.54 Å². The second-order valence-electron chi connectivity index (χ2n) is 5.68. The fourth-order valence-corrected chi connectivity index (χ4v) is 2.62. The highest BCUT2D eigenvalue weighted by Crippen LogP contribution is 2.22. The first-order valence-electron chi connectivity index (χ1n) is 7.19. The van der Waals surface area contributed by atoms with Crippen molar-refractivity contribution in [2.75, 3.05) is 7.05 Å². The van der Waals surface area contributed by atoms with E-state index >= 15 is 0 Å². The molecule has 1 heterocycles. The lowest BCUT2D eigenvalue weighted by Gasteiger charge is -2.20. The highest BCUT2D eigenvalue weighted by atomic mass is 15.3. The van der Waals surface area contributed by atoms with Crippen molar-refractivity contribution >= 4 is 0 Å². The van der Waals surface area contributed by atoms with E-state index in [9.17, 15) is 0 Å². The Hall–Kier alpha value is -1.61. The van der Waals surface area contributed by atoms with Crippen molar-refractivity contribution in [3.8, 4) is 0 Å². The summed E-state index contributed by atoms with van der Waals surface area (Å²) in [4.78, 5) is 0. The predicted molar refractivity (Wildman–Crippen MR) is 84.2 cm³/mol. The molecule has 1 aromatic carbocycles. The molecule has 0 aliphatic rings. The molecule has 0 aliphatic carbocycles. The van der Waals surface area contributed by atoms with E-state index in [0.29, 0.717) is 0 Å². The van der Waals surface area contributed by atoms with Crippen molar-refractivity contribution in [1.82, 2.24) is 15.1 Å². The van der Waals surface area contributed by atoms with Crippen molar-refractivity contribution in [2.24, 2.45) is 0 Å². The van der Waals surface area contributed by atoms with Gasteiger partial charge in [-0.2, -0.15) is 5.10 Å². The third-order valence-corrected chi connectivity index (χ3v) is 4.26. The topological polar surface area (TPSA) is 29.9 Å². The Morgan fingerprint density at radius 1 is 1.15 bits per heavy atom. The number of nitrogens with zero attached hydrogens (tertiary/aromatic N) is 2. The van der Waals surface area contributed by atoms with Gasteiger partial charge in [0, 0.05) is 5.69 Å². The lowest BCUT2D eigenvalue weighted by atomic mass is 9.99. The Kier molecular flexibility index (Phi) is 4.29. The molecule has 0 spiro atoms. The highest BCUT2D eigenvalue weighted by molar-refractivity contribution is 5.33. The molecule has 0 saturated heterocycles. The first-order chi connectivity index (χ1) is 9.43. The largest absolute Gasteiger partial charge is 0.311 e. The van der Waals surface area contributed by atoms with Crippen LogP contribution in [0.5, 0.6) is 0 Å². The first kappa shape index (κ1) is 14.8. The Bertz CT molecular complexity index is 611. The summed E-state index contributed by atoms with van der Waals surface area (Å²) in [7, 11) is 2.02. The zero-order valence-electron chi connectivity index (χ0n) is 13.4. The number of benzene rings is 1. The van der Waals surface area contributed by atoms with Gasteiger partial charge in [-0.3, -0.25) is 4.68 Å². The molecule has 3 nitrogen and oxygen atoms in total. The van der Waals surface area contributed by atoms with Crippen LogP contribution in [0.1, 0.15) is 39.7 Å². The molecule has 0 saturated carbocycles. The number of hydrogen-bond donors (Lipinski definition) is 1. The Morgan fingerprint density at radius 3 is 2.40 bits per heavy atom. The maximum absolute atomic E-state index is 4.65. The van der Waals surface area contributed by atoms with E-state index in [1.807, 2.05) is 7.05 Å². The molecule has 2 rings (SSSR count). The van der Waals surface area contributed by atoms with Crippen molar-refractivity contribution in [2.45, 2.75) is 47.2 Å². The minimum Gasteiger partial charge on any atom is -0.311 e. The number of nitrogens with one attached hydrogen (secondary N) is 1. The average Bonchev–Trinajstić information content (AvgIpc) is 2.66. The maximum Gasteiger partial charge on any atom is 0.0625 e. The van der Waals surface area contributed by atoms with Gasteiger partial charge < -0.3 is 5.32 Å². The van der Waals surface area contributed by atoms with Crippen molar-refractivity contribution in [3.63, 3.8) is 0 Å². The van der Waals surface area contributed by atoms with Crippen LogP contribution in [0.15, 0.2) is 18.2 Å². The highest BCUT2D eigenvalue weighted by Gasteiger charge is 2.16. The van der Waals surface area contributed by atoms with Crippen LogP contribution in [0.25, 0.3) is 0 Å². The van der Waals surface area contributed by atoms with Gasteiger partial charge in [0.25, 0.3) is 0 Å². The molecule has 0 fully saturated rings. The third kappa shape index (κ3) is 2.78. The van der Waals surface area contributed by atoms with Crippen LogP contribution in [0.4, 0.5) is 0 Å². The summed E-state index contributed by atoms with van der Waals surface area (Å²) in [5, 5.41) is 8.08. The molecular weight excluding hydrogens is 246 g/mol. The molecule has 0 radical (unpaired) electrons. The summed E-state index contributed by atoms with van der Waals surface area (Å²) < 4.78 is 2.12. The summed E-state index contributed by atoms with van der Waals surface area (Å²) in [6.45, 7) is 11.5. The van der Waals surface area contributed by atoms with Crippen molar-refractivity contribution in [3.05, 3.63) is 51.8 Å². The monoisotopic (exact) mass is 271 g/mol. The number of aromatic nitrogens is 2. The Balaban J connectivity index is 2.33. The van der Waals surface area contributed by atoms with Crippen LogP contribution in [0.2, 0.25) is 0 Å². The van der Waals surface area contributed by atoms with Crippen molar-refractivity contribution in [1.29, 1.82) is 0 Å². The summed E-state index contributed by atoms with van der Waals surface area (Å²) in [5.41, 5.74) is 7.66. The molecule has 3 heteroatoms.